The Hall–Kier alpha value is -1.81. The summed E-state index contributed by atoms with van der Waals surface area (Å²) in [4.78, 5) is 13.2. The first-order chi connectivity index (χ1) is 15.1. The van der Waals surface area contributed by atoms with E-state index in [0.29, 0.717) is 25.2 Å². The summed E-state index contributed by atoms with van der Waals surface area (Å²) in [6.07, 6.45) is 7.73. The molecule has 4 aliphatic rings. The lowest BCUT2D eigenvalue weighted by Crippen LogP contribution is -2.58. The first-order valence-electron chi connectivity index (χ1n) is 12.1. The molecule has 0 saturated heterocycles. The molecular formula is C25H33F2N3O2. The van der Waals surface area contributed by atoms with Gasteiger partial charge in [-0.3, -0.25) is 4.79 Å². The molecule has 1 unspecified atom stereocenters. The summed E-state index contributed by atoms with van der Waals surface area (Å²) < 4.78 is 31.7. The molecule has 1 aromatic rings. The number of ketones is 1. The molecule has 0 bridgehead atoms. The van der Waals surface area contributed by atoms with Crippen molar-refractivity contribution in [1.82, 2.24) is 9.78 Å². The van der Waals surface area contributed by atoms with E-state index in [2.05, 4.69) is 12.0 Å². The van der Waals surface area contributed by atoms with Crippen LogP contribution in [0.1, 0.15) is 77.2 Å². The Morgan fingerprint density at radius 2 is 2.00 bits per heavy atom. The average Bonchev–Trinajstić information content (AvgIpc) is 3.27. The number of halogens is 2. The van der Waals surface area contributed by atoms with Crippen molar-refractivity contribution in [2.24, 2.45) is 35.0 Å². The predicted octanol–water partition coefficient (Wildman–Crippen LogP) is 4.57. The maximum Gasteiger partial charge on any atom is 0.229 e. The lowest BCUT2D eigenvalue weighted by molar-refractivity contribution is -0.166. The van der Waals surface area contributed by atoms with Crippen molar-refractivity contribution in [3.05, 3.63) is 17.7 Å². The number of fused-ring (bicyclic) bond motifs is 5. The fourth-order valence-corrected chi connectivity index (χ4v) is 8.32. The van der Waals surface area contributed by atoms with E-state index in [0.717, 1.165) is 49.4 Å². The minimum Gasteiger partial charge on any atom is -0.390 e. The van der Waals surface area contributed by atoms with E-state index in [-0.39, 0.29) is 47.0 Å². The molecule has 174 valence electrons. The van der Waals surface area contributed by atoms with Crippen molar-refractivity contribution in [1.29, 1.82) is 5.26 Å². The van der Waals surface area contributed by atoms with Crippen molar-refractivity contribution in [2.75, 3.05) is 0 Å². The zero-order valence-corrected chi connectivity index (χ0v) is 19.0. The number of hydrogen-bond donors (Lipinski definition) is 1. The lowest BCUT2D eigenvalue weighted by Gasteiger charge is -2.59. The van der Waals surface area contributed by atoms with Gasteiger partial charge in [-0.2, -0.15) is 14.8 Å². The van der Waals surface area contributed by atoms with Crippen LogP contribution in [0.25, 0.3) is 0 Å². The van der Waals surface area contributed by atoms with Gasteiger partial charge in [0.25, 0.3) is 0 Å². The standard InChI is InChI=1S/C25H33F2N3O2/c1-23(32)9-10-25(27)16(11-23)3-4-17-18-5-6-20(24(18,2)8-7-19(17)25)21(31)14-30-22(26)15(12-28)13-29-30/h13,16-20,32H,3-11,14H2,1-2H3/t16-,17?,18+,19+,20-,23-,24+,25-/m1/s1. The number of nitriles is 1. The first-order valence-corrected chi connectivity index (χ1v) is 12.1. The molecule has 7 heteroatoms. The number of carbonyl (C=O) groups is 1. The molecule has 5 rings (SSSR count). The molecule has 1 aromatic heterocycles. The van der Waals surface area contributed by atoms with Crippen LogP contribution in [-0.4, -0.2) is 31.9 Å². The van der Waals surface area contributed by atoms with Gasteiger partial charge in [0.05, 0.1) is 11.8 Å². The van der Waals surface area contributed by atoms with E-state index in [1.807, 2.05) is 6.92 Å². The Morgan fingerprint density at radius 3 is 2.72 bits per heavy atom. The zero-order chi connectivity index (χ0) is 22.9. The predicted molar refractivity (Wildman–Crippen MR) is 113 cm³/mol. The van der Waals surface area contributed by atoms with E-state index in [1.54, 1.807) is 6.07 Å². The van der Waals surface area contributed by atoms with Crippen LogP contribution in [-0.2, 0) is 11.3 Å². The molecule has 0 aromatic carbocycles. The van der Waals surface area contributed by atoms with Gasteiger partial charge in [0.1, 0.15) is 23.8 Å². The molecule has 0 amide bonds. The Bertz CT molecular complexity index is 969. The minimum absolute atomic E-state index is 0.0195. The third-order valence-corrected chi connectivity index (χ3v) is 9.90. The van der Waals surface area contributed by atoms with Crippen LogP contribution in [0.2, 0.25) is 0 Å². The first kappa shape index (κ1) is 22.0. The Labute approximate surface area is 188 Å². The summed E-state index contributed by atoms with van der Waals surface area (Å²) >= 11 is 0. The summed E-state index contributed by atoms with van der Waals surface area (Å²) in [6.45, 7) is 3.87. The van der Waals surface area contributed by atoms with Crippen molar-refractivity contribution in [3.8, 4) is 6.07 Å². The number of hydrogen-bond acceptors (Lipinski definition) is 4. The van der Waals surface area contributed by atoms with Crippen molar-refractivity contribution < 1.29 is 18.7 Å². The maximum atomic E-state index is 16.4. The molecule has 32 heavy (non-hydrogen) atoms. The van der Waals surface area contributed by atoms with Gasteiger partial charge >= 0.3 is 0 Å². The maximum absolute atomic E-state index is 16.4. The number of Topliss-reactive ketones (excluding diaryl/α,β-unsaturated/α-hetero) is 1. The molecule has 5 nitrogen and oxygen atoms in total. The molecule has 4 aliphatic carbocycles. The number of nitrogens with zero attached hydrogens (tertiary/aromatic N) is 3. The van der Waals surface area contributed by atoms with E-state index in [4.69, 9.17) is 5.26 Å². The van der Waals surface area contributed by atoms with Crippen LogP contribution < -0.4 is 0 Å². The fraction of sp³-hybridized carbons (Fsp3) is 0.800. The summed E-state index contributed by atoms with van der Waals surface area (Å²) in [6, 6.07) is 1.75. The molecule has 1 heterocycles. The van der Waals surface area contributed by atoms with Crippen LogP contribution in [0.15, 0.2) is 6.20 Å². The van der Waals surface area contributed by atoms with Crippen molar-refractivity contribution >= 4 is 5.78 Å². The Kier molecular flexibility index (Phi) is 5.05. The van der Waals surface area contributed by atoms with Crippen molar-refractivity contribution in [3.63, 3.8) is 0 Å². The van der Waals surface area contributed by atoms with Gasteiger partial charge in [-0.05, 0) is 93.8 Å². The smallest absolute Gasteiger partial charge is 0.229 e. The van der Waals surface area contributed by atoms with Gasteiger partial charge < -0.3 is 5.11 Å². The van der Waals surface area contributed by atoms with E-state index < -0.39 is 17.2 Å². The fourth-order valence-electron chi connectivity index (χ4n) is 8.32. The monoisotopic (exact) mass is 445 g/mol. The number of rotatable bonds is 3. The second-order valence-corrected chi connectivity index (χ2v) is 11.5. The van der Waals surface area contributed by atoms with Gasteiger partial charge in [0.15, 0.2) is 5.78 Å². The second kappa shape index (κ2) is 7.35. The van der Waals surface area contributed by atoms with E-state index >= 15 is 4.39 Å². The second-order valence-electron chi connectivity index (χ2n) is 11.5. The van der Waals surface area contributed by atoms with Crippen LogP contribution >= 0.6 is 0 Å². The summed E-state index contributed by atoms with van der Waals surface area (Å²) in [5.74, 6) is -0.417. The number of aromatic nitrogens is 2. The van der Waals surface area contributed by atoms with Crippen LogP contribution in [0.4, 0.5) is 8.78 Å². The highest BCUT2D eigenvalue weighted by Crippen LogP contribution is 2.66. The third-order valence-electron chi connectivity index (χ3n) is 9.90. The molecule has 1 N–H and O–H groups in total. The average molecular weight is 446 g/mol. The van der Waals surface area contributed by atoms with Gasteiger partial charge in [-0.15, -0.1) is 0 Å². The Morgan fingerprint density at radius 1 is 1.22 bits per heavy atom. The Balaban J connectivity index is 1.34. The molecule has 4 fully saturated rings. The highest BCUT2D eigenvalue weighted by atomic mass is 19.1. The van der Waals surface area contributed by atoms with Gasteiger partial charge in [0, 0.05) is 5.92 Å². The normalized spacial score (nSPS) is 45.4. The summed E-state index contributed by atoms with van der Waals surface area (Å²) in [5.41, 5.74) is -2.29. The van der Waals surface area contributed by atoms with Gasteiger partial charge in [0.2, 0.25) is 5.95 Å². The molecule has 0 radical (unpaired) electrons. The number of alkyl halides is 1. The summed E-state index contributed by atoms with van der Waals surface area (Å²) in [5, 5.41) is 23.3. The lowest BCUT2D eigenvalue weighted by atomic mass is 9.48. The summed E-state index contributed by atoms with van der Waals surface area (Å²) in [7, 11) is 0. The molecule has 4 saturated carbocycles. The quantitative estimate of drug-likeness (QED) is 0.739. The van der Waals surface area contributed by atoms with Crippen LogP contribution in [0, 0.1) is 52.3 Å². The third kappa shape index (κ3) is 3.16. The van der Waals surface area contributed by atoms with Crippen LogP contribution in [0.3, 0.4) is 0 Å². The topological polar surface area (TPSA) is 78.9 Å². The molecule has 0 spiro atoms. The van der Waals surface area contributed by atoms with E-state index in [9.17, 15) is 14.3 Å². The van der Waals surface area contributed by atoms with Crippen molar-refractivity contribution in [2.45, 2.75) is 89.4 Å². The largest absolute Gasteiger partial charge is 0.390 e. The SMILES string of the molecule is C[C@@]1(O)CC[C@@]2(F)[C@H](CCC3[C@@H]4CC[C@H](C(=O)Cn5ncc(C#N)c5F)[C@@]4(C)CC[C@@H]32)C1. The molecule has 0 aliphatic heterocycles. The minimum atomic E-state index is -1.19. The zero-order valence-electron chi connectivity index (χ0n) is 19.0. The number of aliphatic hydroxyl groups is 1. The van der Waals surface area contributed by atoms with Crippen LogP contribution in [0.5, 0.6) is 0 Å². The highest BCUT2D eigenvalue weighted by Gasteiger charge is 2.63. The highest BCUT2D eigenvalue weighted by molar-refractivity contribution is 5.82. The number of carbonyl (C=O) groups excluding carboxylic acids is 1. The van der Waals surface area contributed by atoms with Gasteiger partial charge in [-0.1, -0.05) is 6.92 Å². The molecule has 8 atom stereocenters. The van der Waals surface area contributed by atoms with E-state index in [1.165, 1.54) is 0 Å². The van der Waals surface area contributed by atoms with Gasteiger partial charge in [-0.25, -0.2) is 9.07 Å². The molecular weight excluding hydrogens is 412 g/mol.